The van der Waals surface area contributed by atoms with Gasteiger partial charge in [-0.2, -0.15) is 0 Å². The summed E-state index contributed by atoms with van der Waals surface area (Å²) in [4.78, 5) is 27.1. The molecule has 0 spiro atoms. The quantitative estimate of drug-likeness (QED) is 0.121. The summed E-state index contributed by atoms with van der Waals surface area (Å²) < 4.78 is 0. The minimum absolute atomic E-state index is 0.0545. The standard InChI is InChI=1S/C15H23N5O5/c16-9(2-1-5-19-15(17)18)13(23)20-10(14(24)25)6-8-3-4-11(21)12(22)7-8/h3-4,7,9-10,21-22H,1-2,5-6,16H2,(H,20,23)(H,24,25)(H4,17,18,19)/t9-,10-/m0/s1. The molecule has 10 heteroatoms. The first-order valence-electron chi connectivity index (χ1n) is 7.55. The third-order valence-electron chi connectivity index (χ3n) is 3.40. The van der Waals surface area contributed by atoms with E-state index in [2.05, 4.69) is 10.3 Å². The molecule has 0 aliphatic heterocycles. The Morgan fingerprint density at radius 3 is 2.44 bits per heavy atom. The second-order valence-electron chi connectivity index (χ2n) is 5.48. The van der Waals surface area contributed by atoms with Crippen molar-refractivity contribution in [1.29, 1.82) is 0 Å². The van der Waals surface area contributed by atoms with E-state index < -0.39 is 24.0 Å². The van der Waals surface area contributed by atoms with Crippen molar-refractivity contribution in [3.05, 3.63) is 23.8 Å². The van der Waals surface area contributed by atoms with Crippen molar-refractivity contribution in [2.45, 2.75) is 31.3 Å². The number of nitrogens with two attached hydrogens (primary N) is 3. The molecular weight excluding hydrogens is 330 g/mol. The van der Waals surface area contributed by atoms with Gasteiger partial charge >= 0.3 is 5.97 Å². The van der Waals surface area contributed by atoms with E-state index in [1.54, 1.807) is 0 Å². The van der Waals surface area contributed by atoms with Crippen molar-refractivity contribution >= 4 is 17.8 Å². The van der Waals surface area contributed by atoms with E-state index in [4.69, 9.17) is 17.2 Å². The number of carbonyl (C=O) groups is 2. The van der Waals surface area contributed by atoms with Crippen LogP contribution in [0.2, 0.25) is 0 Å². The normalized spacial score (nSPS) is 12.8. The molecule has 0 aliphatic carbocycles. The van der Waals surface area contributed by atoms with Crippen LogP contribution in [-0.2, 0) is 16.0 Å². The van der Waals surface area contributed by atoms with E-state index in [0.29, 0.717) is 18.5 Å². The number of aliphatic carboxylic acids is 1. The third-order valence-corrected chi connectivity index (χ3v) is 3.40. The summed E-state index contributed by atoms with van der Waals surface area (Å²) in [5.74, 6) is -2.60. The third kappa shape index (κ3) is 6.96. The molecule has 0 heterocycles. The van der Waals surface area contributed by atoms with Crippen LogP contribution in [0.3, 0.4) is 0 Å². The number of carboxylic acid groups (broad SMARTS) is 1. The lowest BCUT2D eigenvalue weighted by Gasteiger charge is -2.18. The molecule has 0 fully saturated rings. The number of nitrogens with zero attached hydrogens (tertiary/aromatic N) is 1. The molecule has 1 aromatic carbocycles. The van der Waals surface area contributed by atoms with Crippen molar-refractivity contribution in [2.24, 2.45) is 22.2 Å². The molecule has 1 rings (SSSR count). The van der Waals surface area contributed by atoms with Gasteiger partial charge in [0.2, 0.25) is 5.91 Å². The van der Waals surface area contributed by atoms with E-state index in [-0.39, 0.29) is 30.3 Å². The highest BCUT2D eigenvalue weighted by atomic mass is 16.4. The predicted octanol–water partition coefficient (Wildman–Crippen LogP) is -1.41. The maximum Gasteiger partial charge on any atom is 0.326 e. The minimum Gasteiger partial charge on any atom is -0.504 e. The van der Waals surface area contributed by atoms with E-state index in [9.17, 15) is 24.9 Å². The Morgan fingerprint density at radius 1 is 1.20 bits per heavy atom. The van der Waals surface area contributed by atoms with Gasteiger partial charge in [0.05, 0.1) is 6.04 Å². The molecule has 1 amide bonds. The smallest absolute Gasteiger partial charge is 0.326 e. The first kappa shape index (κ1) is 20.0. The first-order chi connectivity index (χ1) is 11.7. The van der Waals surface area contributed by atoms with Crippen LogP contribution >= 0.6 is 0 Å². The molecule has 1 aromatic rings. The fraction of sp³-hybridized carbons (Fsp3) is 0.400. The number of hydrogen-bond donors (Lipinski definition) is 7. The molecule has 25 heavy (non-hydrogen) atoms. The average molecular weight is 353 g/mol. The number of carbonyl (C=O) groups excluding carboxylic acids is 1. The number of aliphatic imine (C=N–C) groups is 1. The number of amides is 1. The van der Waals surface area contributed by atoms with Gasteiger partial charge in [0.15, 0.2) is 17.5 Å². The molecule has 138 valence electrons. The van der Waals surface area contributed by atoms with E-state index in [1.165, 1.54) is 18.2 Å². The average Bonchev–Trinajstić information content (AvgIpc) is 2.53. The molecule has 0 aromatic heterocycles. The second kappa shape index (κ2) is 9.33. The predicted molar refractivity (Wildman–Crippen MR) is 90.9 cm³/mol. The van der Waals surface area contributed by atoms with Crippen LogP contribution in [0.5, 0.6) is 11.5 Å². The number of rotatable bonds is 9. The number of aromatic hydroxyl groups is 2. The number of guanidine groups is 1. The monoisotopic (exact) mass is 353 g/mol. The lowest BCUT2D eigenvalue weighted by atomic mass is 10.0. The zero-order valence-electron chi connectivity index (χ0n) is 13.6. The fourth-order valence-corrected chi connectivity index (χ4v) is 2.06. The van der Waals surface area contributed by atoms with E-state index in [0.717, 1.165) is 0 Å². The van der Waals surface area contributed by atoms with Crippen molar-refractivity contribution in [3.63, 3.8) is 0 Å². The van der Waals surface area contributed by atoms with Crippen LogP contribution in [0.1, 0.15) is 18.4 Å². The van der Waals surface area contributed by atoms with E-state index >= 15 is 0 Å². The van der Waals surface area contributed by atoms with Crippen molar-refractivity contribution in [3.8, 4) is 11.5 Å². The van der Waals surface area contributed by atoms with Gasteiger partial charge in [-0.1, -0.05) is 6.07 Å². The maximum atomic E-state index is 12.0. The number of phenolic OH excluding ortho intramolecular Hbond substituents is 2. The second-order valence-corrected chi connectivity index (χ2v) is 5.48. The number of carboxylic acids is 1. The molecule has 2 atom stereocenters. The number of hydrogen-bond acceptors (Lipinski definition) is 6. The van der Waals surface area contributed by atoms with Crippen LogP contribution < -0.4 is 22.5 Å². The molecule has 0 saturated heterocycles. The van der Waals surface area contributed by atoms with Crippen LogP contribution in [-0.4, -0.2) is 51.8 Å². The highest BCUT2D eigenvalue weighted by molar-refractivity contribution is 5.86. The Morgan fingerprint density at radius 2 is 1.88 bits per heavy atom. The van der Waals surface area contributed by atoms with Gasteiger partial charge in [0.1, 0.15) is 6.04 Å². The molecule has 0 unspecified atom stereocenters. The summed E-state index contributed by atoms with van der Waals surface area (Å²) in [5, 5.41) is 30.3. The summed E-state index contributed by atoms with van der Waals surface area (Å²) in [5.41, 5.74) is 16.5. The van der Waals surface area contributed by atoms with E-state index in [1.807, 2.05) is 0 Å². The molecule has 0 radical (unpaired) electrons. The van der Waals surface area contributed by atoms with Gasteiger partial charge in [0.25, 0.3) is 0 Å². The van der Waals surface area contributed by atoms with Gasteiger partial charge in [-0.05, 0) is 30.5 Å². The van der Waals surface area contributed by atoms with Gasteiger partial charge in [-0.25, -0.2) is 4.79 Å². The lowest BCUT2D eigenvalue weighted by Crippen LogP contribution is -2.49. The largest absolute Gasteiger partial charge is 0.504 e. The maximum absolute atomic E-state index is 12.0. The zero-order chi connectivity index (χ0) is 19.0. The Balaban J connectivity index is 2.61. The number of nitrogens with one attached hydrogen (secondary N) is 1. The van der Waals surface area contributed by atoms with Crippen LogP contribution in [0.15, 0.2) is 23.2 Å². The Bertz CT molecular complexity index is 645. The highest BCUT2D eigenvalue weighted by Gasteiger charge is 2.23. The molecular formula is C15H23N5O5. The number of phenols is 2. The minimum atomic E-state index is -1.24. The van der Waals surface area contributed by atoms with Gasteiger partial charge in [-0.15, -0.1) is 0 Å². The number of benzene rings is 1. The summed E-state index contributed by atoms with van der Waals surface area (Å²) in [7, 11) is 0. The molecule has 0 aliphatic rings. The fourth-order valence-electron chi connectivity index (χ4n) is 2.06. The van der Waals surface area contributed by atoms with Gasteiger partial charge in [0, 0.05) is 13.0 Å². The SMILES string of the molecule is NC(N)=NCCC[C@H](N)C(=O)N[C@@H](Cc1ccc(O)c(O)c1)C(=O)O. The molecule has 10 nitrogen and oxygen atoms in total. The highest BCUT2D eigenvalue weighted by Crippen LogP contribution is 2.25. The van der Waals surface area contributed by atoms with Crippen molar-refractivity contribution in [2.75, 3.05) is 6.54 Å². The summed E-state index contributed by atoms with van der Waals surface area (Å²) >= 11 is 0. The Kier molecular flexibility index (Phi) is 7.47. The summed E-state index contributed by atoms with van der Waals surface area (Å²) in [6.45, 7) is 0.318. The van der Waals surface area contributed by atoms with Crippen LogP contribution in [0, 0.1) is 0 Å². The Hall–Kier alpha value is -3.01. The summed E-state index contributed by atoms with van der Waals surface area (Å²) in [6, 6.07) is 1.80. The zero-order valence-corrected chi connectivity index (χ0v) is 13.6. The van der Waals surface area contributed by atoms with Gasteiger partial charge < -0.3 is 37.8 Å². The van der Waals surface area contributed by atoms with Gasteiger partial charge in [-0.3, -0.25) is 9.79 Å². The van der Waals surface area contributed by atoms with Crippen LogP contribution in [0.25, 0.3) is 0 Å². The molecule has 10 N–H and O–H groups in total. The Labute approximate surface area is 144 Å². The molecule has 0 bridgehead atoms. The summed E-state index contributed by atoms with van der Waals surface area (Å²) in [6.07, 6.45) is 0.681. The first-order valence-corrected chi connectivity index (χ1v) is 7.55. The van der Waals surface area contributed by atoms with Crippen molar-refractivity contribution < 1.29 is 24.9 Å². The lowest BCUT2D eigenvalue weighted by molar-refractivity contribution is -0.142. The topological polar surface area (TPSA) is 197 Å². The van der Waals surface area contributed by atoms with Crippen LogP contribution in [0.4, 0.5) is 0 Å². The van der Waals surface area contributed by atoms with Crippen molar-refractivity contribution in [1.82, 2.24) is 5.32 Å². The molecule has 0 saturated carbocycles.